The lowest BCUT2D eigenvalue weighted by Crippen LogP contribution is -2.36. The van der Waals surface area contributed by atoms with Crippen molar-refractivity contribution in [1.29, 1.82) is 0 Å². The third-order valence-electron chi connectivity index (χ3n) is 2.45. The van der Waals surface area contributed by atoms with Crippen LogP contribution in [0.1, 0.15) is 12.0 Å². The standard InChI is InChI=1S/C12H15Cl2NO2S/c1-18-5-4-11(12(16)17)15-7-8-2-3-9(13)10(14)6-8/h2-3,6,11,15H,4-5,7H2,1H3,(H,16,17). The summed E-state index contributed by atoms with van der Waals surface area (Å²) in [4.78, 5) is 11.0. The highest BCUT2D eigenvalue weighted by Gasteiger charge is 2.15. The van der Waals surface area contributed by atoms with Crippen molar-refractivity contribution in [2.45, 2.75) is 19.0 Å². The average molecular weight is 308 g/mol. The molecule has 1 aromatic carbocycles. The number of hydrogen-bond donors (Lipinski definition) is 2. The van der Waals surface area contributed by atoms with Crippen molar-refractivity contribution in [2.75, 3.05) is 12.0 Å². The highest BCUT2D eigenvalue weighted by Crippen LogP contribution is 2.22. The van der Waals surface area contributed by atoms with E-state index in [0.717, 1.165) is 11.3 Å². The van der Waals surface area contributed by atoms with E-state index in [1.54, 1.807) is 23.9 Å². The Balaban J connectivity index is 2.55. The Morgan fingerprint density at radius 1 is 1.44 bits per heavy atom. The van der Waals surface area contributed by atoms with E-state index in [2.05, 4.69) is 5.32 Å². The first-order chi connectivity index (χ1) is 8.54. The second-order valence-corrected chi connectivity index (χ2v) is 5.60. The number of aliphatic carboxylic acids is 1. The van der Waals surface area contributed by atoms with Crippen LogP contribution in [0.15, 0.2) is 18.2 Å². The number of nitrogens with one attached hydrogen (secondary N) is 1. The molecule has 0 heterocycles. The van der Waals surface area contributed by atoms with Gasteiger partial charge in [-0.2, -0.15) is 11.8 Å². The van der Waals surface area contributed by atoms with Crippen LogP contribution in [-0.4, -0.2) is 29.1 Å². The maximum Gasteiger partial charge on any atom is 0.320 e. The van der Waals surface area contributed by atoms with Crippen LogP contribution in [0, 0.1) is 0 Å². The first kappa shape index (κ1) is 15.6. The van der Waals surface area contributed by atoms with Crippen LogP contribution in [0.25, 0.3) is 0 Å². The number of thioether (sulfide) groups is 1. The van der Waals surface area contributed by atoms with Crippen molar-refractivity contribution >= 4 is 40.9 Å². The maximum absolute atomic E-state index is 11.0. The normalized spacial score (nSPS) is 12.4. The minimum Gasteiger partial charge on any atom is -0.480 e. The zero-order chi connectivity index (χ0) is 13.5. The summed E-state index contributed by atoms with van der Waals surface area (Å²) in [6, 6.07) is 4.74. The third-order valence-corrected chi connectivity index (χ3v) is 3.83. The molecule has 0 amide bonds. The molecule has 3 nitrogen and oxygen atoms in total. The highest BCUT2D eigenvalue weighted by atomic mass is 35.5. The van der Waals surface area contributed by atoms with Crippen molar-refractivity contribution < 1.29 is 9.90 Å². The van der Waals surface area contributed by atoms with Crippen molar-refractivity contribution in [1.82, 2.24) is 5.32 Å². The highest BCUT2D eigenvalue weighted by molar-refractivity contribution is 7.98. The molecule has 18 heavy (non-hydrogen) atoms. The van der Waals surface area contributed by atoms with Gasteiger partial charge in [0.1, 0.15) is 6.04 Å². The molecule has 0 radical (unpaired) electrons. The number of halogens is 2. The Morgan fingerprint density at radius 2 is 2.17 bits per heavy atom. The van der Waals surface area contributed by atoms with Crippen LogP contribution >= 0.6 is 35.0 Å². The van der Waals surface area contributed by atoms with Crippen molar-refractivity contribution in [3.8, 4) is 0 Å². The summed E-state index contributed by atoms with van der Waals surface area (Å²) in [5.41, 5.74) is 0.916. The van der Waals surface area contributed by atoms with Gasteiger partial charge in [-0.15, -0.1) is 0 Å². The van der Waals surface area contributed by atoms with E-state index < -0.39 is 12.0 Å². The summed E-state index contributed by atoms with van der Waals surface area (Å²) in [6.45, 7) is 0.461. The van der Waals surface area contributed by atoms with E-state index in [4.69, 9.17) is 28.3 Å². The molecular formula is C12H15Cl2NO2S. The topological polar surface area (TPSA) is 49.3 Å². The Labute approximate surface area is 121 Å². The summed E-state index contributed by atoms with van der Waals surface area (Å²) in [7, 11) is 0. The number of rotatable bonds is 7. The minimum absolute atomic E-state index is 0.461. The predicted octanol–water partition coefficient (Wildman–Crippen LogP) is 3.29. The number of carboxylic acid groups (broad SMARTS) is 1. The first-order valence-corrected chi connectivity index (χ1v) is 7.58. The van der Waals surface area contributed by atoms with Gasteiger partial charge in [0.15, 0.2) is 0 Å². The second kappa shape index (κ2) is 7.89. The van der Waals surface area contributed by atoms with Gasteiger partial charge in [0.05, 0.1) is 10.0 Å². The third kappa shape index (κ3) is 5.06. The van der Waals surface area contributed by atoms with Gasteiger partial charge < -0.3 is 10.4 Å². The molecule has 0 spiro atoms. The lowest BCUT2D eigenvalue weighted by molar-refractivity contribution is -0.139. The lowest BCUT2D eigenvalue weighted by Gasteiger charge is -2.14. The summed E-state index contributed by atoms with van der Waals surface area (Å²) in [5, 5.41) is 13.0. The number of hydrogen-bond acceptors (Lipinski definition) is 3. The quantitative estimate of drug-likeness (QED) is 0.811. The van der Waals surface area contributed by atoms with E-state index in [1.165, 1.54) is 0 Å². The van der Waals surface area contributed by atoms with Crippen LogP contribution in [0.4, 0.5) is 0 Å². The van der Waals surface area contributed by atoms with E-state index in [9.17, 15) is 4.79 Å². The monoisotopic (exact) mass is 307 g/mol. The average Bonchev–Trinajstić information content (AvgIpc) is 2.33. The van der Waals surface area contributed by atoms with Crippen molar-refractivity contribution in [2.24, 2.45) is 0 Å². The molecule has 2 N–H and O–H groups in total. The molecule has 0 saturated carbocycles. The summed E-state index contributed by atoms with van der Waals surface area (Å²) < 4.78 is 0. The van der Waals surface area contributed by atoms with Crippen LogP contribution < -0.4 is 5.32 Å². The lowest BCUT2D eigenvalue weighted by atomic mass is 10.2. The maximum atomic E-state index is 11.0. The molecule has 0 aromatic heterocycles. The van der Waals surface area contributed by atoms with Gasteiger partial charge in [-0.25, -0.2) is 0 Å². The zero-order valence-corrected chi connectivity index (χ0v) is 12.3. The Bertz CT molecular complexity index is 415. The van der Waals surface area contributed by atoms with Crippen LogP contribution in [0.2, 0.25) is 10.0 Å². The molecule has 1 atom stereocenters. The molecular weight excluding hydrogens is 293 g/mol. The Kier molecular flexibility index (Phi) is 6.86. The number of carboxylic acids is 1. The minimum atomic E-state index is -0.830. The van der Waals surface area contributed by atoms with Gasteiger partial charge in [-0.05, 0) is 36.1 Å². The van der Waals surface area contributed by atoms with Gasteiger partial charge in [0.2, 0.25) is 0 Å². The van der Waals surface area contributed by atoms with Crippen molar-refractivity contribution in [3.05, 3.63) is 33.8 Å². The fraction of sp³-hybridized carbons (Fsp3) is 0.417. The van der Waals surface area contributed by atoms with Crippen molar-refractivity contribution in [3.63, 3.8) is 0 Å². The molecule has 0 aliphatic rings. The number of carbonyl (C=O) groups is 1. The smallest absolute Gasteiger partial charge is 0.320 e. The molecule has 0 bridgehead atoms. The summed E-state index contributed by atoms with van der Waals surface area (Å²) in [5.74, 6) is -0.0187. The van der Waals surface area contributed by atoms with Gasteiger partial charge in [-0.1, -0.05) is 29.3 Å². The molecule has 100 valence electrons. The van der Waals surface area contributed by atoms with E-state index >= 15 is 0 Å². The van der Waals surface area contributed by atoms with E-state index in [0.29, 0.717) is 23.0 Å². The molecule has 0 aliphatic heterocycles. The first-order valence-electron chi connectivity index (χ1n) is 5.43. The molecule has 6 heteroatoms. The van der Waals surface area contributed by atoms with Crippen LogP contribution in [-0.2, 0) is 11.3 Å². The predicted molar refractivity (Wildman–Crippen MR) is 77.7 cm³/mol. The second-order valence-electron chi connectivity index (χ2n) is 3.80. The van der Waals surface area contributed by atoms with E-state index in [1.807, 2.05) is 12.3 Å². The largest absolute Gasteiger partial charge is 0.480 e. The van der Waals surface area contributed by atoms with Gasteiger partial charge >= 0.3 is 5.97 Å². The molecule has 0 aliphatic carbocycles. The van der Waals surface area contributed by atoms with Gasteiger partial charge in [0.25, 0.3) is 0 Å². The fourth-order valence-corrected chi connectivity index (χ4v) is 2.23. The Morgan fingerprint density at radius 3 is 2.72 bits per heavy atom. The molecule has 1 aromatic rings. The Hall–Kier alpha value is -0.420. The molecule has 0 fully saturated rings. The molecule has 1 rings (SSSR count). The molecule has 0 saturated heterocycles. The zero-order valence-electron chi connectivity index (χ0n) is 9.95. The summed E-state index contributed by atoms with van der Waals surface area (Å²) in [6.07, 6.45) is 2.55. The number of benzene rings is 1. The summed E-state index contributed by atoms with van der Waals surface area (Å²) >= 11 is 13.3. The molecule has 1 unspecified atom stereocenters. The van der Waals surface area contributed by atoms with Gasteiger partial charge in [0, 0.05) is 6.54 Å². The SMILES string of the molecule is CSCCC(NCc1ccc(Cl)c(Cl)c1)C(=O)O. The van der Waals surface area contributed by atoms with Crippen LogP contribution in [0.3, 0.4) is 0 Å². The van der Waals surface area contributed by atoms with E-state index in [-0.39, 0.29) is 0 Å². The van der Waals surface area contributed by atoms with Crippen LogP contribution in [0.5, 0.6) is 0 Å². The fourth-order valence-electron chi connectivity index (χ4n) is 1.44. The van der Waals surface area contributed by atoms with Gasteiger partial charge in [-0.3, -0.25) is 4.79 Å².